The molecular formula is C14H25N3O7. The fourth-order valence-corrected chi connectivity index (χ4v) is 1.65. The van der Waals surface area contributed by atoms with Gasteiger partial charge < -0.3 is 31.3 Å². The molecule has 0 rings (SSSR count). The minimum absolute atomic E-state index is 0.146. The number of alkyl carbamates (subject to hydrolysis) is 1. The van der Waals surface area contributed by atoms with Gasteiger partial charge in [0.2, 0.25) is 11.8 Å². The topological polar surface area (TPSA) is 168 Å². The lowest BCUT2D eigenvalue weighted by Crippen LogP contribution is -2.55. The van der Waals surface area contributed by atoms with Gasteiger partial charge in [-0.25, -0.2) is 9.59 Å². The third-order valence-electron chi connectivity index (χ3n) is 2.73. The number of carbonyl (C=O) groups is 4. The lowest BCUT2D eigenvalue weighted by Gasteiger charge is -2.25. The van der Waals surface area contributed by atoms with Crippen molar-refractivity contribution < 1.29 is 34.1 Å². The Hall–Kier alpha value is -2.36. The molecule has 0 saturated heterocycles. The molecule has 0 aromatic carbocycles. The van der Waals surface area contributed by atoms with E-state index < -0.39 is 47.7 Å². The van der Waals surface area contributed by atoms with E-state index in [0.717, 1.165) is 0 Å². The van der Waals surface area contributed by atoms with Crippen LogP contribution in [0.1, 0.15) is 40.5 Å². The Morgan fingerprint density at radius 2 is 1.71 bits per heavy atom. The number of carboxylic acid groups (broad SMARTS) is 1. The van der Waals surface area contributed by atoms with E-state index in [1.807, 2.05) is 0 Å². The molecule has 0 aliphatic rings. The number of nitrogens with two attached hydrogens (primary N) is 1. The summed E-state index contributed by atoms with van der Waals surface area (Å²) in [4.78, 5) is 45.9. The zero-order chi connectivity index (χ0) is 19.1. The van der Waals surface area contributed by atoms with Crippen LogP contribution in [-0.4, -0.2) is 57.9 Å². The molecule has 0 unspecified atom stereocenters. The zero-order valence-corrected chi connectivity index (χ0v) is 14.2. The normalized spacial score (nSPS) is 14.9. The summed E-state index contributed by atoms with van der Waals surface area (Å²) in [6.07, 6.45) is -2.62. The minimum atomic E-state index is -1.56. The molecule has 0 aliphatic carbocycles. The van der Waals surface area contributed by atoms with Gasteiger partial charge in [-0.15, -0.1) is 0 Å². The number of hydrogen-bond donors (Lipinski definition) is 5. The summed E-state index contributed by atoms with van der Waals surface area (Å²) in [6.45, 7) is 6.07. The number of rotatable bonds is 8. The summed E-state index contributed by atoms with van der Waals surface area (Å²) < 4.78 is 5.01. The molecule has 138 valence electrons. The van der Waals surface area contributed by atoms with Crippen LogP contribution < -0.4 is 16.4 Å². The van der Waals surface area contributed by atoms with Gasteiger partial charge in [0.15, 0.2) is 6.04 Å². The van der Waals surface area contributed by atoms with E-state index >= 15 is 0 Å². The highest BCUT2D eigenvalue weighted by Crippen LogP contribution is 2.08. The summed E-state index contributed by atoms with van der Waals surface area (Å²) >= 11 is 0. The number of aliphatic hydroxyl groups excluding tert-OH is 1. The molecular weight excluding hydrogens is 322 g/mol. The van der Waals surface area contributed by atoms with Crippen LogP contribution in [0, 0.1) is 0 Å². The highest BCUT2D eigenvalue weighted by Gasteiger charge is 2.30. The third kappa shape index (κ3) is 8.93. The molecule has 0 bridgehead atoms. The van der Waals surface area contributed by atoms with Crippen molar-refractivity contribution in [3.63, 3.8) is 0 Å². The molecule has 3 atom stereocenters. The Kier molecular flexibility index (Phi) is 8.17. The molecule has 0 aromatic rings. The van der Waals surface area contributed by atoms with Crippen molar-refractivity contribution in [1.29, 1.82) is 0 Å². The Labute approximate surface area is 139 Å². The van der Waals surface area contributed by atoms with Crippen molar-refractivity contribution in [2.45, 2.75) is 64.3 Å². The number of aliphatic hydroxyl groups is 1. The van der Waals surface area contributed by atoms with Crippen LogP contribution >= 0.6 is 0 Å². The van der Waals surface area contributed by atoms with Crippen LogP contribution in [0.2, 0.25) is 0 Å². The number of primary amides is 1. The molecule has 6 N–H and O–H groups in total. The van der Waals surface area contributed by atoms with Gasteiger partial charge >= 0.3 is 12.1 Å². The average Bonchev–Trinajstić information content (AvgIpc) is 2.37. The maximum absolute atomic E-state index is 12.2. The number of amides is 3. The zero-order valence-electron chi connectivity index (χ0n) is 14.2. The van der Waals surface area contributed by atoms with Crippen molar-refractivity contribution in [3.8, 4) is 0 Å². The van der Waals surface area contributed by atoms with Crippen molar-refractivity contribution in [2.24, 2.45) is 5.73 Å². The molecule has 3 amide bonds. The van der Waals surface area contributed by atoms with Crippen LogP contribution in [0.3, 0.4) is 0 Å². The molecule has 10 nitrogen and oxygen atoms in total. The lowest BCUT2D eigenvalue weighted by molar-refractivity contribution is -0.145. The fourth-order valence-electron chi connectivity index (χ4n) is 1.65. The van der Waals surface area contributed by atoms with Crippen LogP contribution in [0.5, 0.6) is 0 Å². The van der Waals surface area contributed by atoms with E-state index in [0.29, 0.717) is 0 Å². The minimum Gasteiger partial charge on any atom is -0.480 e. The van der Waals surface area contributed by atoms with Gasteiger partial charge in [0, 0.05) is 6.42 Å². The number of hydrogen-bond acceptors (Lipinski definition) is 6. The van der Waals surface area contributed by atoms with Gasteiger partial charge in [0.25, 0.3) is 0 Å². The van der Waals surface area contributed by atoms with Crippen molar-refractivity contribution in [3.05, 3.63) is 0 Å². The number of nitrogens with one attached hydrogen (secondary N) is 2. The quantitative estimate of drug-likeness (QED) is 0.379. The maximum atomic E-state index is 12.2. The monoisotopic (exact) mass is 347 g/mol. The molecule has 0 radical (unpaired) electrons. The van der Waals surface area contributed by atoms with Gasteiger partial charge in [-0.2, -0.15) is 0 Å². The van der Waals surface area contributed by atoms with Crippen LogP contribution in [0.25, 0.3) is 0 Å². The summed E-state index contributed by atoms with van der Waals surface area (Å²) in [6, 6.07) is -2.80. The van der Waals surface area contributed by atoms with Crippen molar-refractivity contribution >= 4 is 23.9 Å². The molecule has 0 aromatic heterocycles. The summed E-state index contributed by atoms with van der Waals surface area (Å²) in [5.41, 5.74) is 4.21. The van der Waals surface area contributed by atoms with Gasteiger partial charge in [-0.3, -0.25) is 9.59 Å². The number of aliphatic carboxylic acids is 1. The molecule has 0 aliphatic heterocycles. The summed E-state index contributed by atoms with van der Waals surface area (Å²) in [5.74, 6) is -3.01. The van der Waals surface area contributed by atoms with E-state index in [2.05, 4.69) is 10.6 Å². The fraction of sp³-hybridized carbons (Fsp3) is 0.714. The van der Waals surface area contributed by atoms with Crippen molar-refractivity contribution in [1.82, 2.24) is 10.6 Å². The van der Waals surface area contributed by atoms with E-state index in [1.54, 1.807) is 20.8 Å². The maximum Gasteiger partial charge on any atom is 0.408 e. The van der Waals surface area contributed by atoms with Gasteiger partial charge in [0.1, 0.15) is 11.6 Å². The van der Waals surface area contributed by atoms with Crippen LogP contribution in [0.4, 0.5) is 4.79 Å². The summed E-state index contributed by atoms with van der Waals surface area (Å²) in [5, 5.41) is 22.7. The molecule has 0 spiro atoms. The first-order chi connectivity index (χ1) is 10.8. The third-order valence-corrected chi connectivity index (χ3v) is 2.73. The Bertz CT molecular complexity index is 485. The smallest absolute Gasteiger partial charge is 0.408 e. The average molecular weight is 347 g/mol. The van der Waals surface area contributed by atoms with Crippen molar-refractivity contribution in [2.75, 3.05) is 0 Å². The first kappa shape index (κ1) is 21.6. The van der Waals surface area contributed by atoms with Crippen LogP contribution in [0.15, 0.2) is 0 Å². The van der Waals surface area contributed by atoms with E-state index in [1.165, 1.54) is 6.92 Å². The number of carbonyl (C=O) groups excluding carboxylic acids is 3. The van der Waals surface area contributed by atoms with Gasteiger partial charge in [0.05, 0.1) is 6.10 Å². The largest absolute Gasteiger partial charge is 0.480 e. The Balaban J connectivity index is 5.03. The molecule has 10 heteroatoms. The number of carboxylic acids is 1. The van der Waals surface area contributed by atoms with Crippen LogP contribution in [-0.2, 0) is 19.1 Å². The van der Waals surface area contributed by atoms with E-state index in [9.17, 15) is 24.3 Å². The van der Waals surface area contributed by atoms with Gasteiger partial charge in [-0.05, 0) is 34.1 Å². The van der Waals surface area contributed by atoms with Gasteiger partial charge in [-0.1, -0.05) is 0 Å². The van der Waals surface area contributed by atoms with E-state index in [4.69, 9.17) is 15.6 Å². The molecule has 24 heavy (non-hydrogen) atoms. The SMILES string of the molecule is C[C@@H](O)[C@H](NC(=O)[C@H](CCC(N)=O)NC(=O)OC(C)(C)C)C(=O)O. The first-order valence-corrected chi connectivity index (χ1v) is 7.32. The second-order valence-corrected chi connectivity index (χ2v) is 6.27. The Morgan fingerprint density at radius 1 is 1.17 bits per heavy atom. The second-order valence-electron chi connectivity index (χ2n) is 6.27. The Morgan fingerprint density at radius 3 is 2.08 bits per heavy atom. The highest BCUT2D eigenvalue weighted by atomic mass is 16.6. The predicted molar refractivity (Wildman–Crippen MR) is 82.8 cm³/mol. The second kappa shape index (κ2) is 9.06. The molecule has 0 heterocycles. The first-order valence-electron chi connectivity index (χ1n) is 7.32. The molecule has 0 fully saturated rings. The summed E-state index contributed by atoms with van der Waals surface area (Å²) in [7, 11) is 0. The standard InChI is InChI=1S/C14H25N3O7/c1-7(18)10(12(21)22)17-11(20)8(5-6-9(15)19)16-13(23)24-14(2,3)4/h7-8,10,18H,5-6H2,1-4H3,(H2,15,19)(H,16,23)(H,17,20)(H,21,22)/t7-,8+,10+/m1/s1. The van der Waals surface area contributed by atoms with E-state index in [-0.39, 0.29) is 12.8 Å². The highest BCUT2D eigenvalue weighted by molar-refractivity contribution is 5.90. The lowest BCUT2D eigenvalue weighted by atomic mass is 10.1. The molecule has 0 saturated carbocycles. The predicted octanol–water partition coefficient (Wildman–Crippen LogP) is -0.905. The number of ether oxygens (including phenoxy) is 1.